The lowest BCUT2D eigenvalue weighted by molar-refractivity contribution is -0.137. The lowest BCUT2D eigenvalue weighted by Gasteiger charge is -2.33. The number of amides is 3. The predicted molar refractivity (Wildman–Crippen MR) is 83.5 cm³/mol. The minimum Gasteiger partial charge on any atom is -0.349 e. The highest BCUT2D eigenvalue weighted by molar-refractivity contribution is 5.90. The van der Waals surface area contributed by atoms with Crippen LogP contribution in [-0.4, -0.2) is 48.9 Å². The lowest BCUT2D eigenvalue weighted by Crippen LogP contribution is -2.46. The molecular formula is C16H20F3N3O2. The van der Waals surface area contributed by atoms with Gasteiger partial charge in [-0.15, -0.1) is 0 Å². The van der Waals surface area contributed by atoms with Crippen molar-refractivity contribution in [3.05, 3.63) is 29.8 Å². The predicted octanol–water partition coefficient (Wildman–Crippen LogP) is 3.04. The average molecular weight is 343 g/mol. The highest BCUT2D eigenvalue weighted by Gasteiger charge is 2.31. The molecule has 1 fully saturated rings. The van der Waals surface area contributed by atoms with E-state index in [4.69, 9.17) is 0 Å². The van der Waals surface area contributed by atoms with Crippen molar-refractivity contribution in [2.75, 3.05) is 32.5 Å². The summed E-state index contributed by atoms with van der Waals surface area (Å²) in [4.78, 5) is 27.3. The van der Waals surface area contributed by atoms with Gasteiger partial charge in [0.25, 0.3) is 0 Å². The van der Waals surface area contributed by atoms with Gasteiger partial charge in [0.15, 0.2) is 0 Å². The van der Waals surface area contributed by atoms with Crippen molar-refractivity contribution in [2.24, 2.45) is 5.92 Å². The van der Waals surface area contributed by atoms with Crippen LogP contribution in [0.2, 0.25) is 0 Å². The molecule has 8 heteroatoms. The zero-order valence-electron chi connectivity index (χ0n) is 13.6. The maximum absolute atomic E-state index is 12.5. The quantitative estimate of drug-likeness (QED) is 0.897. The summed E-state index contributed by atoms with van der Waals surface area (Å²) in [5, 5.41) is 2.57. The Labute approximate surface area is 138 Å². The van der Waals surface area contributed by atoms with Crippen LogP contribution in [0.4, 0.5) is 23.7 Å². The summed E-state index contributed by atoms with van der Waals surface area (Å²) >= 11 is 0. The fraction of sp³-hybridized carbons (Fsp3) is 0.500. The number of hydrogen-bond donors (Lipinski definition) is 1. The molecule has 5 nitrogen and oxygen atoms in total. The molecule has 0 aromatic heterocycles. The Bertz CT molecular complexity index is 600. The standard InChI is InChI=1S/C16H20F3N3O2/c1-21(2)14(23)11-4-3-9-22(10-11)15(24)20-13-7-5-12(6-8-13)16(17,18)19/h5-8,11H,3-4,9-10H2,1-2H3,(H,20,24)/t11-/m0/s1. The van der Waals surface area contributed by atoms with Crippen LogP contribution in [-0.2, 0) is 11.0 Å². The molecule has 1 N–H and O–H groups in total. The summed E-state index contributed by atoms with van der Waals surface area (Å²) in [7, 11) is 3.34. The molecule has 1 heterocycles. The summed E-state index contributed by atoms with van der Waals surface area (Å²) in [5.41, 5.74) is -0.482. The van der Waals surface area contributed by atoms with Crippen molar-refractivity contribution in [3.8, 4) is 0 Å². The number of hydrogen-bond acceptors (Lipinski definition) is 2. The fourth-order valence-electron chi connectivity index (χ4n) is 2.67. The third kappa shape index (κ3) is 4.39. The Balaban J connectivity index is 1.98. The average Bonchev–Trinajstić information content (AvgIpc) is 2.53. The molecule has 24 heavy (non-hydrogen) atoms. The van der Waals surface area contributed by atoms with Gasteiger partial charge >= 0.3 is 12.2 Å². The molecule has 3 amide bonds. The van der Waals surface area contributed by atoms with Crippen LogP contribution in [0, 0.1) is 5.92 Å². The number of alkyl halides is 3. The van der Waals surface area contributed by atoms with Crippen LogP contribution in [0.25, 0.3) is 0 Å². The van der Waals surface area contributed by atoms with Crippen LogP contribution in [0.3, 0.4) is 0 Å². The summed E-state index contributed by atoms with van der Waals surface area (Å²) in [5.74, 6) is -0.269. The Kier molecular flexibility index (Phi) is 5.36. The minimum absolute atomic E-state index is 0.0259. The van der Waals surface area contributed by atoms with E-state index < -0.39 is 17.8 Å². The number of likely N-dealkylation sites (tertiary alicyclic amines) is 1. The van der Waals surface area contributed by atoms with Crippen molar-refractivity contribution < 1.29 is 22.8 Å². The number of piperidine rings is 1. The molecule has 1 aromatic rings. The van der Waals surface area contributed by atoms with Gasteiger partial charge in [-0.25, -0.2) is 4.79 Å². The second-order valence-electron chi connectivity index (χ2n) is 6.02. The van der Waals surface area contributed by atoms with Gasteiger partial charge < -0.3 is 15.1 Å². The van der Waals surface area contributed by atoms with Crippen LogP contribution in [0.1, 0.15) is 18.4 Å². The largest absolute Gasteiger partial charge is 0.416 e. The van der Waals surface area contributed by atoms with Gasteiger partial charge in [0, 0.05) is 32.9 Å². The van der Waals surface area contributed by atoms with Gasteiger partial charge in [-0.1, -0.05) is 0 Å². The Morgan fingerprint density at radius 1 is 1.21 bits per heavy atom. The number of anilines is 1. The van der Waals surface area contributed by atoms with Crippen LogP contribution in [0.15, 0.2) is 24.3 Å². The maximum Gasteiger partial charge on any atom is 0.416 e. The number of halogens is 3. The highest BCUT2D eigenvalue weighted by atomic mass is 19.4. The molecule has 132 valence electrons. The second-order valence-corrected chi connectivity index (χ2v) is 6.02. The zero-order chi connectivity index (χ0) is 17.9. The normalized spacial score (nSPS) is 18.2. The zero-order valence-corrected chi connectivity index (χ0v) is 13.6. The van der Waals surface area contributed by atoms with Crippen LogP contribution >= 0.6 is 0 Å². The number of benzene rings is 1. The smallest absolute Gasteiger partial charge is 0.349 e. The first kappa shape index (κ1) is 18.1. The number of carbonyl (C=O) groups is 2. The van der Waals surface area contributed by atoms with Gasteiger partial charge in [-0.3, -0.25) is 4.79 Å². The molecule has 0 unspecified atom stereocenters. The molecule has 0 saturated carbocycles. The molecule has 1 aromatic carbocycles. The van der Waals surface area contributed by atoms with Gasteiger partial charge in [0.1, 0.15) is 0 Å². The van der Waals surface area contributed by atoms with E-state index in [-0.39, 0.29) is 17.5 Å². The topological polar surface area (TPSA) is 52.7 Å². The number of urea groups is 1. The second kappa shape index (κ2) is 7.11. The number of rotatable bonds is 2. The van der Waals surface area contributed by atoms with Crippen molar-refractivity contribution in [1.82, 2.24) is 9.80 Å². The van der Waals surface area contributed by atoms with E-state index in [1.807, 2.05) is 0 Å². The van der Waals surface area contributed by atoms with E-state index in [2.05, 4.69) is 5.32 Å². The van der Waals surface area contributed by atoms with E-state index in [1.54, 1.807) is 14.1 Å². The summed E-state index contributed by atoms with van der Waals surface area (Å²) < 4.78 is 37.6. The monoisotopic (exact) mass is 343 g/mol. The Hall–Kier alpha value is -2.25. The third-order valence-electron chi connectivity index (χ3n) is 3.96. The molecule has 0 aliphatic carbocycles. The number of carbonyl (C=O) groups excluding carboxylic acids is 2. The van der Waals surface area contributed by atoms with Gasteiger partial charge in [-0.05, 0) is 37.1 Å². The van der Waals surface area contributed by atoms with Crippen LogP contribution in [0.5, 0.6) is 0 Å². The molecule has 1 saturated heterocycles. The van der Waals surface area contributed by atoms with Crippen molar-refractivity contribution in [1.29, 1.82) is 0 Å². The minimum atomic E-state index is -4.41. The molecule has 0 bridgehead atoms. The molecular weight excluding hydrogens is 323 g/mol. The van der Waals surface area contributed by atoms with Crippen molar-refractivity contribution >= 4 is 17.6 Å². The first-order chi connectivity index (χ1) is 11.2. The first-order valence-electron chi connectivity index (χ1n) is 7.63. The third-order valence-corrected chi connectivity index (χ3v) is 3.96. The molecule has 0 radical (unpaired) electrons. The van der Waals surface area contributed by atoms with E-state index in [0.717, 1.165) is 18.6 Å². The van der Waals surface area contributed by atoms with Gasteiger partial charge in [-0.2, -0.15) is 13.2 Å². The summed E-state index contributed by atoms with van der Waals surface area (Å²) in [6.45, 7) is 0.827. The van der Waals surface area contributed by atoms with Gasteiger partial charge in [0.2, 0.25) is 5.91 Å². The van der Waals surface area contributed by atoms with Crippen molar-refractivity contribution in [2.45, 2.75) is 19.0 Å². The van der Waals surface area contributed by atoms with E-state index in [1.165, 1.54) is 21.9 Å². The SMILES string of the molecule is CN(C)C(=O)[C@H]1CCCN(C(=O)Nc2ccc(C(F)(F)F)cc2)C1. The molecule has 2 rings (SSSR count). The molecule has 1 atom stereocenters. The molecule has 1 aliphatic heterocycles. The lowest BCUT2D eigenvalue weighted by atomic mass is 9.97. The maximum atomic E-state index is 12.5. The Morgan fingerprint density at radius 3 is 2.38 bits per heavy atom. The fourth-order valence-corrected chi connectivity index (χ4v) is 2.67. The van der Waals surface area contributed by atoms with Crippen LogP contribution < -0.4 is 5.32 Å². The first-order valence-corrected chi connectivity index (χ1v) is 7.63. The molecule has 1 aliphatic rings. The van der Waals surface area contributed by atoms with E-state index in [9.17, 15) is 22.8 Å². The Morgan fingerprint density at radius 2 is 1.83 bits per heavy atom. The summed E-state index contributed by atoms with van der Waals surface area (Å²) in [6, 6.07) is 3.86. The number of nitrogens with one attached hydrogen (secondary N) is 1. The van der Waals surface area contributed by atoms with E-state index in [0.29, 0.717) is 19.5 Å². The number of nitrogens with zero attached hydrogens (tertiary/aromatic N) is 2. The van der Waals surface area contributed by atoms with E-state index >= 15 is 0 Å². The highest BCUT2D eigenvalue weighted by Crippen LogP contribution is 2.30. The molecule has 0 spiro atoms. The summed E-state index contributed by atoms with van der Waals surface area (Å²) in [6.07, 6.45) is -2.97. The van der Waals surface area contributed by atoms with Crippen molar-refractivity contribution in [3.63, 3.8) is 0 Å². The van der Waals surface area contributed by atoms with Gasteiger partial charge in [0.05, 0.1) is 11.5 Å².